The van der Waals surface area contributed by atoms with Crippen molar-refractivity contribution in [3.05, 3.63) is 10.1 Å². The van der Waals surface area contributed by atoms with Gasteiger partial charge < -0.3 is 10.2 Å². The van der Waals surface area contributed by atoms with Gasteiger partial charge >= 0.3 is 16.4 Å². The summed E-state index contributed by atoms with van der Waals surface area (Å²) in [7, 11) is 0. The Kier molecular flexibility index (Phi) is 2.52. The van der Waals surface area contributed by atoms with Gasteiger partial charge in [-0.15, -0.1) is 0 Å². The number of alkyl halides is 1. The summed E-state index contributed by atoms with van der Waals surface area (Å²) in [6.07, 6.45) is 0. The van der Waals surface area contributed by atoms with Crippen LogP contribution in [0.25, 0.3) is 0 Å². The van der Waals surface area contributed by atoms with Crippen LogP contribution in [0.3, 0.4) is 0 Å². The molecule has 0 saturated carbocycles. The maximum atomic E-state index is 10.0. The van der Waals surface area contributed by atoms with Gasteiger partial charge in [-0.2, -0.15) is 0 Å². The molecule has 0 radical (unpaired) electrons. The summed E-state index contributed by atoms with van der Waals surface area (Å²) >= 11 is 1.98. The van der Waals surface area contributed by atoms with Gasteiger partial charge in [-0.25, -0.2) is 9.59 Å². The summed E-state index contributed by atoms with van der Waals surface area (Å²) in [4.78, 5) is 28.5. The molecule has 0 unspecified atom stereocenters. The Balaban J connectivity index is 4.99. The highest BCUT2D eigenvalue weighted by Gasteiger charge is 2.57. The second-order valence-electron chi connectivity index (χ2n) is 1.49. The van der Waals surface area contributed by atoms with Crippen molar-refractivity contribution < 1.29 is 24.7 Å². The zero-order valence-electron chi connectivity index (χ0n) is 4.85. The van der Waals surface area contributed by atoms with Crippen molar-refractivity contribution >= 4 is 27.9 Å². The van der Waals surface area contributed by atoms with Crippen molar-refractivity contribution in [1.82, 2.24) is 0 Å². The van der Waals surface area contributed by atoms with E-state index < -0.39 is 21.3 Å². The summed E-state index contributed by atoms with van der Waals surface area (Å²) in [5.74, 6) is -4.15. The minimum Gasteiger partial charge on any atom is -0.475 e. The van der Waals surface area contributed by atoms with Crippen molar-refractivity contribution in [2.24, 2.45) is 0 Å². The van der Waals surface area contributed by atoms with Crippen LogP contribution >= 0.6 is 15.9 Å². The third-order valence-electron chi connectivity index (χ3n) is 0.818. The Morgan fingerprint density at radius 3 is 1.64 bits per heavy atom. The van der Waals surface area contributed by atoms with E-state index in [1.54, 1.807) is 0 Å². The van der Waals surface area contributed by atoms with Gasteiger partial charge in [0.25, 0.3) is 0 Å². The van der Waals surface area contributed by atoms with Gasteiger partial charge in [0, 0.05) is 15.9 Å². The number of hydrogen-bond donors (Lipinski definition) is 2. The number of rotatable bonds is 3. The van der Waals surface area contributed by atoms with E-state index in [4.69, 9.17) is 10.2 Å². The third kappa shape index (κ3) is 1.45. The molecule has 11 heavy (non-hydrogen) atoms. The average molecular weight is 228 g/mol. The maximum absolute atomic E-state index is 10.0. The molecule has 0 aromatic carbocycles. The third-order valence-corrected chi connectivity index (χ3v) is 1.79. The van der Waals surface area contributed by atoms with Gasteiger partial charge in [-0.1, -0.05) is 0 Å². The molecule has 0 aromatic heterocycles. The first-order valence-corrected chi connectivity index (χ1v) is 2.93. The highest BCUT2D eigenvalue weighted by molar-refractivity contribution is 9.10. The molecule has 0 aliphatic carbocycles. The standard InChI is InChI=1S/C3H2BrNO6/c4-3(1(6)7,2(8)9)5(10)11/h(H,6,7)(H,8,9). The van der Waals surface area contributed by atoms with Crippen LogP contribution in [0.15, 0.2) is 0 Å². The van der Waals surface area contributed by atoms with E-state index in [0.29, 0.717) is 0 Å². The number of aliphatic carboxylic acids is 2. The molecule has 7 nitrogen and oxygen atoms in total. The van der Waals surface area contributed by atoms with Crippen LogP contribution in [0.4, 0.5) is 0 Å². The maximum Gasteiger partial charge on any atom is 0.462 e. The molecule has 0 bridgehead atoms. The summed E-state index contributed by atoms with van der Waals surface area (Å²) in [5.41, 5.74) is 0. The molecule has 0 heterocycles. The number of carbonyl (C=O) groups is 2. The first-order valence-electron chi connectivity index (χ1n) is 2.13. The van der Waals surface area contributed by atoms with E-state index in [1.165, 1.54) is 0 Å². The molecule has 0 amide bonds. The van der Waals surface area contributed by atoms with Crippen molar-refractivity contribution in [3.8, 4) is 0 Å². The van der Waals surface area contributed by atoms with Crippen molar-refractivity contribution in [1.29, 1.82) is 0 Å². The zero-order chi connectivity index (χ0) is 9.23. The normalized spacial score (nSPS) is 10.6. The fourth-order valence-corrected chi connectivity index (χ4v) is 0.248. The molecular weight excluding hydrogens is 226 g/mol. The highest BCUT2D eigenvalue weighted by atomic mass is 79.9. The van der Waals surface area contributed by atoms with E-state index >= 15 is 0 Å². The molecule has 0 aromatic rings. The summed E-state index contributed by atoms with van der Waals surface area (Å²) in [6.45, 7) is 0. The minimum atomic E-state index is -3.13. The first-order chi connectivity index (χ1) is 4.83. The predicted octanol–water partition coefficient (Wildman–Crippen LogP) is -0.476. The van der Waals surface area contributed by atoms with E-state index in [9.17, 15) is 19.7 Å². The summed E-state index contributed by atoms with van der Waals surface area (Å²) < 4.78 is -3.13. The van der Waals surface area contributed by atoms with E-state index in [2.05, 4.69) is 0 Å². The average Bonchev–Trinajstić information content (AvgIpc) is 1.84. The van der Waals surface area contributed by atoms with Crippen LogP contribution in [0.2, 0.25) is 0 Å². The van der Waals surface area contributed by atoms with Gasteiger partial charge in [0.2, 0.25) is 0 Å². The smallest absolute Gasteiger partial charge is 0.462 e. The SMILES string of the molecule is O=C(O)C(Br)(C(=O)O)[N+](=O)[O-]. The summed E-state index contributed by atoms with van der Waals surface area (Å²) in [5, 5.41) is 26.1. The monoisotopic (exact) mass is 227 g/mol. The molecule has 0 rings (SSSR count). The number of nitro groups is 1. The fraction of sp³-hybridized carbons (Fsp3) is 0.333. The molecule has 0 saturated heterocycles. The summed E-state index contributed by atoms with van der Waals surface area (Å²) in [6, 6.07) is 0. The number of nitrogens with zero attached hydrogens (tertiary/aromatic N) is 1. The lowest BCUT2D eigenvalue weighted by Gasteiger charge is -2.06. The lowest BCUT2D eigenvalue weighted by atomic mass is 10.3. The van der Waals surface area contributed by atoms with Gasteiger partial charge in [-0.3, -0.25) is 10.1 Å². The lowest BCUT2D eigenvalue weighted by molar-refractivity contribution is -0.510. The molecule has 8 heteroatoms. The molecule has 0 fully saturated rings. The fourth-order valence-electron chi connectivity index (χ4n) is 0.248. The van der Waals surface area contributed by atoms with Crippen LogP contribution < -0.4 is 0 Å². The molecule has 62 valence electrons. The second kappa shape index (κ2) is 2.82. The quantitative estimate of drug-likeness (QED) is 0.221. The Labute approximate surface area is 67.9 Å². The molecule has 0 atom stereocenters. The molecular formula is C3H2BrNO6. The van der Waals surface area contributed by atoms with Crippen molar-refractivity contribution in [3.63, 3.8) is 0 Å². The number of carboxylic acid groups (broad SMARTS) is 2. The molecule has 0 spiro atoms. The van der Waals surface area contributed by atoms with Crippen LogP contribution in [0.5, 0.6) is 0 Å². The van der Waals surface area contributed by atoms with Crippen LogP contribution in [-0.4, -0.2) is 31.5 Å². The zero-order valence-corrected chi connectivity index (χ0v) is 6.44. The van der Waals surface area contributed by atoms with Gasteiger partial charge in [0.05, 0.1) is 4.92 Å². The molecule has 0 aliphatic rings. The largest absolute Gasteiger partial charge is 0.475 e. The Bertz CT molecular complexity index is 188. The Morgan fingerprint density at radius 2 is 1.64 bits per heavy atom. The minimum absolute atomic E-state index is 1.45. The van der Waals surface area contributed by atoms with E-state index in [1.807, 2.05) is 15.9 Å². The van der Waals surface area contributed by atoms with Crippen LogP contribution in [-0.2, 0) is 9.59 Å². The first kappa shape index (κ1) is 9.82. The van der Waals surface area contributed by atoms with Crippen LogP contribution in [0, 0.1) is 10.1 Å². The predicted molar refractivity (Wildman–Crippen MR) is 33.9 cm³/mol. The Hall–Kier alpha value is -1.18. The van der Waals surface area contributed by atoms with Gasteiger partial charge in [-0.05, 0) is 0 Å². The van der Waals surface area contributed by atoms with E-state index in [0.717, 1.165) is 0 Å². The van der Waals surface area contributed by atoms with E-state index in [-0.39, 0.29) is 0 Å². The van der Waals surface area contributed by atoms with Crippen molar-refractivity contribution in [2.75, 3.05) is 0 Å². The van der Waals surface area contributed by atoms with Crippen LogP contribution in [0.1, 0.15) is 0 Å². The number of hydrogen-bond acceptors (Lipinski definition) is 4. The second-order valence-corrected chi connectivity index (χ2v) is 2.64. The lowest BCUT2D eigenvalue weighted by Crippen LogP contribution is -2.47. The highest BCUT2D eigenvalue weighted by Crippen LogP contribution is 2.18. The number of carboxylic acids is 2. The number of halogens is 1. The Morgan fingerprint density at radius 1 is 1.36 bits per heavy atom. The molecule has 2 N–H and O–H groups in total. The van der Waals surface area contributed by atoms with Gasteiger partial charge in [0.15, 0.2) is 0 Å². The molecule has 0 aliphatic heterocycles. The van der Waals surface area contributed by atoms with Gasteiger partial charge in [0.1, 0.15) is 0 Å². The topological polar surface area (TPSA) is 118 Å². The van der Waals surface area contributed by atoms with Crippen molar-refractivity contribution in [2.45, 2.75) is 4.45 Å².